The predicted octanol–water partition coefficient (Wildman–Crippen LogP) is 2.61. The number of carbonyl (C=O) groups excluding carboxylic acids is 1. The third kappa shape index (κ3) is 3.60. The Balaban J connectivity index is 2.58. The molecule has 0 spiro atoms. The average molecular weight is 192 g/mol. The summed E-state index contributed by atoms with van der Waals surface area (Å²) < 4.78 is 5.30. The first kappa shape index (κ1) is 10.8. The van der Waals surface area contributed by atoms with Crippen LogP contribution in [0.1, 0.15) is 25.8 Å². The van der Waals surface area contributed by atoms with Gasteiger partial charge in [-0.15, -0.1) is 0 Å². The molecule has 0 fully saturated rings. The van der Waals surface area contributed by atoms with Crippen molar-refractivity contribution < 1.29 is 9.53 Å². The molecule has 0 aliphatic rings. The first-order valence-corrected chi connectivity index (χ1v) is 4.93. The molecule has 0 aromatic heterocycles. The number of Topliss-reactive ketones (excluding diaryl/α,β-unsaturated/α-hetero) is 1. The van der Waals surface area contributed by atoms with E-state index in [1.54, 1.807) is 0 Å². The van der Waals surface area contributed by atoms with Crippen LogP contribution in [0.5, 0.6) is 5.75 Å². The van der Waals surface area contributed by atoms with E-state index < -0.39 is 0 Å². The number of hydrogen-bond acceptors (Lipinski definition) is 2. The summed E-state index contributed by atoms with van der Waals surface area (Å²) in [5.74, 6) is 0.831. The minimum atomic E-state index is 0.0471. The molecule has 1 aromatic rings. The van der Waals surface area contributed by atoms with Gasteiger partial charge in [-0.25, -0.2) is 0 Å². The molecule has 0 saturated heterocycles. The second kappa shape index (κ2) is 5.43. The van der Waals surface area contributed by atoms with E-state index in [0.29, 0.717) is 0 Å². The lowest BCUT2D eigenvalue weighted by Gasteiger charge is -2.05. The summed E-state index contributed by atoms with van der Waals surface area (Å²) in [5.41, 5.74) is 1.26. The topological polar surface area (TPSA) is 26.3 Å². The Hall–Kier alpha value is -1.31. The van der Waals surface area contributed by atoms with E-state index in [1.807, 2.05) is 18.2 Å². The Morgan fingerprint density at radius 3 is 2.86 bits per heavy atom. The molecule has 0 aliphatic heterocycles. The Morgan fingerprint density at radius 1 is 1.43 bits per heavy atom. The van der Waals surface area contributed by atoms with E-state index >= 15 is 0 Å². The van der Waals surface area contributed by atoms with Crippen molar-refractivity contribution in [3.63, 3.8) is 0 Å². The molecule has 0 saturated carbocycles. The maximum Gasteiger partial charge on any atom is 0.167 e. The van der Waals surface area contributed by atoms with Crippen molar-refractivity contribution in [2.24, 2.45) is 0 Å². The molecule has 0 amide bonds. The lowest BCUT2D eigenvalue weighted by Crippen LogP contribution is -2.06. The fraction of sp³-hybridized carbons (Fsp3) is 0.417. The summed E-state index contributed by atoms with van der Waals surface area (Å²) in [6, 6.07) is 7.90. The van der Waals surface area contributed by atoms with E-state index in [4.69, 9.17) is 4.74 Å². The zero-order valence-corrected chi connectivity index (χ0v) is 8.75. The first-order valence-electron chi connectivity index (χ1n) is 4.93. The number of carbonyl (C=O) groups is 1. The lowest BCUT2D eigenvalue weighted by molar-refractivity contribution is -0.118. The first-order chi connectivity index (χ1) is 6.72. The number of ether oxygens (including phenoxy) is 1. The third-order valence-electron chi connectivity index (χ3n) is 1.88. The standard InChI is InChI=1S/C12H16O2/c1-3-5-11-6-4-7-12(8-11)14-9-10(2)13/h4,6-8H,3,5,9H2,1-2H3. The summed E-state index contributed by atoms with van der Waals surface area (Å²) >= 11 is 0. The quantitative estimate of drug-likeness (QED) is 0.716. The minimum Gasteiger partial charge on any atom is -0.486 e. The molecule has 0 aliphatic carbocycles. The van der Waals surface area contributed by atoms with Gasteiger partial charge in [0.1, 0.15) is 12.4 Å². The molecule has 0 bridgehead atoms. The number of ketones is 1. The fourth-order valence-corrected chi connectivity index (χ4v) is 1.26. The Bertz CT molecular complexity index is 305. The van der Waals surface area contributed by atoms with Gasteiger partial charge < -0.3 is 4.74 Å². The SMILES string of the molecule is CCCc1cccc(OCC(C)=O)c1. The largest absolute Gasteiger partial charge is 0.486 e. The Morgan fingerprint density at radius 2 is 2.21 bits per heavy atom. The van der Waals surface area contributed by atoms with E-state index in [9.17, 15) is 4.79 Å². The molecule has 1 rings (SSSR count). The van der Waals surface area contributed by atoms with Gasteiger partial charge in [0.25, 0.3) is 0 Å². The molecular formula is C12H16O2. The van der Waals surface area contributed by atoms with Crippen molar-refractivity contribution in [2.75, 3.05) is 6.61 Å². The summed E-state index contributed by atoms with van der Waals surface area (Å²) in [5, 5.41) is 0. The van der Waals surface area contributed by atoms with Crippen molar-refractivity contribution in [3.8, 4) is 5.75 Å². The molecule has 2 nitrogen and oxygen atoms in total. The minimum absolute atomic E-state index is 0.0471. The molecule has 0 unspecified atom stereocenters. The normalized spacial score (nSPS) is 9.86. The van der Waals surface area contributed by atoms with E-state index in [2.05, 4.69) is 13.0 Å². The number of benzene rings is 1. The highest BCUT2D eigenvalue weighted by Crippen LogP contribution is 2.14. The highest BCUT2D eigenvalue weighted by atomic mass is 16.5. The van der Waals surface area contributed by atoms with Crippen LogP contribution in [0.2, 0.25) is 0 Å². The van der Waals surface area contributed by atoms with E-state index in [-0.39, 0.29) is 12.4 Å². The maximum atomic E-state index is 10.7. The molecule has 14 heavy (non-hydrogen) atoms. The van der Waals surface area contributed by atoms with Crippen molar-refractivity contribution in [1.82, 2.24) is 0 Å². The Labute approximate surface area is 84.9 Å². The average Bonchev–Trinajstić information content (AvgIpc) is 2.16. The van der Waals surface area contributed by atoms with Gasteiger partial charge in [0, 0.05) is 0 Å². The zero-order valence-electron chi connectivity index (χ0n) is 8.75. The maximum absolute atomic E-state index is 10.7. The van der Waals surface area contributed by atoms with Crippen LogP contribution in [0.25, 0.3) is 0 Å². The zero-order chi connectivity index (χ0) is 10.4. The summed E-state index contributed by atoms with van der Waals surface area (Å²) in [7, 11) is 0. The number of rotatable bonds is 5. The van der Waals surface area contributed by atoms with Gasteiger partial charge in [-0.3, -0.25) is 4.79 Å². The van der Waals surface area contributed by atoms with Crippen molar-refractivity contribution >= 4 is 5.78 Å². The second-order valence-corrected chi connectivity index (χ2v) is 3.39. The molecule has 1 aromatic carbocycles. The monoisotopic (exact) mass is 192 g/mol. The molecule has 2 heteroatoms. The highest BCUT2D eigenvalue weighted by Gasteiger charge is 1.98. The van der Waals surface area contributed by atoms with E-state index in [0.717, 1.165) is 18.6 Å². The molecule has 0 N–H and O–H groups in total. The molecule has 0 atom stereocenters. The van der Waals surface area contributed by atoms with Gasteiger partial charge in [-0.1, -0.05) is 25.5 Å². The summed E-state index contributed by atoms with van der Waals surface area (Å²) in [4.78, 5) is 10.7. The van der Waals surface area contributed by atoms with Crippen molar-refractivity contribution in [3.05, 3.63) is 29.8 Å². The van der Waals surface area contributed by atoms with Crippen LogP contribution in [0, 0.1) is 0 Å². The fourth-order valence-electron chi connectivity index (χ4n) is 1.26. The number of hydrogen-bond donors (Lipinski definition) is 0. The van der Waals surface area contributed by atoms with Gasteiger partial charge >= 0.3 is 0 Å². The van der Waals surface area contributed by atoms with Gasteiger partial charge in [0.15, 0.2) is 5.78 Å². The summed E-state index contributed by atoms with van der Waals surface area (Å²) in [6.07, 6.45) is 2.17. The van der Waals surface area contributed by atoms with Gasteiger partial charge in [0.05, 0.1) is 0 Å². The van der Waals surface area contributed by atoms with Gasteiger partial charge in [-0.05, 0) is 31.0 Å². The molecule has 0 radical (unpaired) electrons. The van der Waals surface area contributed by atoms with Crippen LogP contribution in [0.15, 0.2) is 24.3 Å². The van der Waals surface area contributed by atoms with Crippen LogP contribution in [-0.4, -0.2) is 12.4 Å². The summed E-state index contributed by atoms with van der Waals surface area (Å²) in [6.45, 7) is 3.83. The Kier molecular flexibility index (Phi) is 4.17. The second-order valence-electron chi connectivity index (χ2n) is 3.39. The lowest BCUT2D eigenvalue weighted by atomic mass is 10.1. The van der Waals surface area contributed by atoms with E-state index in [1.165, 1.54) is 12.5 Å². The van der Waals surface area contributed by atoms with Crippen LogP contribution < -0.4 is 4.74 Å². The van der Waals surface area contributed by atoms with Crippen LogP contribution >= 0.6 is 0 Å². The van der Waals surface area contributed by atoms with Gasteiger partial charge in [-0.2, -0.15) is 0 Å². The van der Waals surface area contributed by atoms with Crippen molar-refractivity contribution in [1.29, 1.82) is 0 Å². The van der Waals surface area contributed by atoms with Crippen molar-refractivity contribution in [2.45, 2.75) is 26.7 Å². The van der Waals surface area contributed by atoms with Crippen LogP contribution in [0.3, 0.4) is 0 Å². The van der Waals surface area contributed by atoms with Gasteiger partial charge in [0.2, 0.25) is 0 Å². The third-order valence-corrected chi connectivity index (χ3v) is 1.88. The van der Waals surface area contributed by atoms with Crippen LogP contribution in [-0.2, 0) is 11.2 Å². The van der Waals surface area contributed by atoms with Crippen LogP contribution in [0.4, 0.5) is 0 Å². The molecule has 76 valence electrons. The molecule has 0 heterocycles. The molecular weight excluding hydrogens is 176 g/mol. The number of aryl methyl sites for hydroxylation is 1. The smallest absolute Gasteiger partial charge is 0.167 e. The highest BCUT2D eigenvalue weighted by molar-refractivity contribution is 5.77. The predicted molar refractivity (Wildman–Crippen MR) is 56.6 cm³/mol.